The largest absolute Gasteiger partial charge is 0.381 e. The lowest BCUT2D eigenvalue weighted by Crippen LogP contribution is -2.49. The second-order valence-electron chi connectivity index (χ2n) is 4.90. The van der Waals surface area contributed by atoms with Gasteiger partial charge in [-0.1, -0.05) is 6.42 Å². The van der Waals surface area contributed by atoms with Crippen molar-refractivity contribution < 1.29 is 4.74 Å². The molecule has 0 spiro atoms. The summed E-state index contributed by atoms with van der Waals surface area (Å²) in [6.07, 6.45) is 6.50. The first kappa shape index (κ1) is 11.4. The van der Waals surface area contributed by atoms with E-state index in [2.05, 4.69) is 24.3 Å². The second-order valence-corrected chi connectivity index (χ2v) is 4.90. The Labute approximate surface area is 93.2 Å². The predicted molar refractivity (Wildman–Crippen MR) is 62.1 cm³/mol. The van der Waals surface area contributed by atoms with Crippen LogP contribution in [0.2, 0.25) is 0 Å². The number of hydrogen-bond acceptors (Lipinski definition) is 3. The van der Waals surface area contributed by atoms with Gasteiger partial charge in [0.2, 0.25) is 0 Å². The summed E-state index contributed by atoms with van der Waals surface area (Å²) < 4.78 is 5.42. The normalized spacial score (nSPS) is 33.8. The highest BCUT2D eigenvalue weighted by Crippen LogP contribution is 2.27. The Morgan fingerprint density at radius 2 is 1.87 bits per heavy atom. The third kappa shape index (κ3) is 2.52. The van der Waals surface area contributed by atoms with Gasteiger partial charge in [-0.2, -0.15) is 0 Å². The van der Waals surface area contributed by atoms with Crippen molar-refractivity contribution in [2.75, 3.05) is 27.3 Å². The van der Waals surface area contributed by atoms with Crippen molar-refractivity contribution in [2.24, 2.45) is 0 Å². The van der Waals surface area contributed by atoms with Crippen LogP contribution in [0.4, 0.5) is 0 Å². The van der Waals surface area contributed by atoms with Crippen molar-refractivity contribution in [1.29, 1.82) is 0 Å². The molecule has 0 bridgehead atoms. The van der Waals surface area contributed by atoms with E-state index in [-0.39, 0.29) is 0 Å². The highest BCUT2D eigenvalue weighted by Gasteiger charge is 2.32. The van der Waals surface area contributed by atoms with Crippen LogP contribution in [-0.2, 0) is 4.74 Å². The molecule has 2 atom stereocenters. The standard InChI is InChI=1S/C12H24N2O/c1-13-11-4-3-5-12(11)14(2)10-6-8-15-9-7-10/h10-13H,3-9H2,1-2H3. The van der Waals surface area contributed by atoms with Crippen LogP contribution in [0.25, 0.3) is 0 Å². The van der Waals surface area contributed by atoms with E-state index in [0.29, 0.717) is 6.04 Å². The van der Waals surface area contributed by atoms with Crippen LogP contribution >= 0.6 is 0 Å². The number of ether oxygens (including phenoxy) is 1. The van der Waals surface area contributed by atoms with Gasteiger partial charge >= 0.3 is 0 Å². The van der Waals surface area contributed by atoms with Crippen LogP contribution in [0.1, 0.15) is 32.1 Å². The lowest BCUT2D eigenvalue weighted by Gasteiger charge is -2.38. The minimum absolute atomic E-state index is 0.706. The average molecular weight is 212 g/mol. The van der Waals surface area contributed by atoms with Crippen LogP contribution in [0.15, 0.2) is 0 Å². The molecule has 1 aliphatic carbocycles. The third-order valence-electron chi connectivity index (χ3n) is 4.14. The van der Waals surface area contributed by atoms with Crippen LogP contribution in [0.5, 0.6) is 0 Å². The van der Waals surface area contributed by atoms with Crippen molar-refractivity contribution in [3.63, 3.8) is 0 Å². The molecule has 1 N–H and O–H groups in total. The molecule has 0 amide bonds. The smallest absolute Gasteiger partial charge is 0.0480 e. The van der Waals surface area contributed by atoms with Gasteiger partial charge in [0.1, 0.15) is 0 Å². The molecule has 3 nitrogen and oxygen atoms in total. The molecule has 0 aromatic rings. The lowest BCUT2D eigenvalue weighted by atomic mass is 10.0. The van der Waals surface area contributed by atoms with Crippen molar-refractivity contribution in [1.82, 2.24) is 10.2 Å². The van der Waals surface area contributed by atoms with Gasteiger partial charge < -0.3 is 10.1 Å². The quantitative estimate of drug-likeness (QED) is 0.762. The van der Waals surface area contributed by atoms with E-state index < -0.39 is 0 Å². The van der Waals surface area contributed by atoms with Gasteiger partial charge in [0.05, 0.1) is 0 Å². The minimum atomic E-state index is 0.706. The fourth-order valence-corrected chi connectivity index (χ4v) is 3.13. The van der Waals surface area contributed by atoms with Crippen LogP contribution in [-0.4, -0.2) is 50.3 Å². The Morgan fingerprint density at radius 3 is 2.53 bits per heavy atom. The molecule has 2 unspecified atom stereocenters. The summed E-state index contributed by atoms with van der Waals surface area (Å²) in [5, 5.41) is 3.46. The molecule has 0 aromatic carbocycles. The molecular weight excluding hydrogens is 188 g/mol. The zero-order chi connectivity index (χ0) is 10.7. The van der Waals surface area contributed by atoms with E-state index in [1.807, 2.05) is 0 Å². The zero-order valence-corrected chi connectivity index (χ0v) is 10.0. The number of rotatable bonds is 3. The molecule has 1 aliphatic heterocycles. The van der Waals surface area contributed by atoms with E-state index in [1.54, 1.807) is 0 Å². The molecule has 3 heteroatoms. The molecule has 2 rings (SSSR count). The van der Waals surface area contributed by atoms with Crippen molar-refractivity contribution in [2.45, 2.75) is 50.2 Å². The molecule has 15 heavy (non-hydrogen) atoms. The first-order valence-electron chi connectivity index (χ1n) is 6.30. The molecule has 2 aliphatic rings. The average Bonchev–Trinajstić information content (AvgIpc) is 2.77. The van der Waals surface area contributed by atoms with Gasteiger partial charge in [0, 0.05) is 31.3 Å². The minimum Gasteiger partial charge on any atom is -0.381 e. The molecule has 1 saturated carbocycles. The molecule has 0 aromatic heterocycles. The Bertz CT molecular complexity index is 192. The van der Waals surface area contributed by atoms with Crippen molar-refractivity contribution in [3.8, 4) is 0 Å². The summed E-state index contributed by atoms with van der Waals surface area (Å²) in [6, 6.07) is 2.20. The van der Waals surface area contributed by atoms with Crippen LogP contribution in [0, 0.1) is 0 Å². The zero-order valence-electron chi connectivity index (χ0n) is 10.0. The highest BCUT2D eigenvalue weighted by atomic mass is 16.5. The molecule has 2 fully saturated rings. The first-order valence-corrected chi connectivity index (χ1v) is 6.30. The Balaban J connectivity index is 1.90. The van der Waals surface area contributed by atoms with Gasteiger partial charge in [0.15, 0.2) is 0 Å². The number of nitrogens with one attached hydrogen (secondary N) is 1. The Kier molecular flexibility index (Phi) is 4.00. The molecule has 1 saturated heterocycles. The predicted octanol–water partition coefficient (Wildman–Crippen LogP) is 1.24. The SMILES string of the molecule is CNC1CCCC1N(C)C1CCOCC1. The number of likely N-dealkylation sites (N-methyl/N-ethyl adjacent to an activating group) is 2. The van der Waals surface area contributed by atoms with E-state index in [9.17, 15) is 0 Å². The number of nitrogens with zero attached hydrogens (tertiary/aromatic N) is 1. The molecular formula is C12H24N2O. The second kappa shape index (κ2) is 5.28. The molecule has 0 radical (unpaired) electrons. The summed E-state index contributed by atoms with van der Waals surface area (Å²) in [6.45, 7) is 1.90. The van der Waals surface area contributed by atoms with Crippen molar-refractivity contribution >= 4 is 0 Å². The summed E-state index contributed by atoms with van der Waals surface area (Å²) in [7, 11) is 4.40. The Morgan fingerprint density at radius 1 is 1.13 bits per heavy atom. The maximum Gasteiger partial charge on any atom is 0.0480 e. The van der Waals surface area contributed by atoms with Crippen LogP contribution in [0.3, 0.4) is 0 Å². The van der Waals surface area contributed by atoms with Gasteiger partial charge in [-0.3, -0.25) is 4.90 Å². The fraction of sp³-hybridized carbons (Fsp3) is 1.00. The van der Waals surface area contributed by atoms with Gasteiger partial charge in [0.25, 0.3) is 0 Å². The molecule has 88 valence electrons. The van der Waals surface area contributed by atoms with Crippen LogP contribution < -0.4 is 5.32 Å². The molecule has 1 heterocycles. The topological polar surface area (TPSA) is 24.5 Å². The lowest BCUT2D eigenvalue weighted by molar-refractivity contribution is 0.0256. The summed E-state index contributed by atoms with van der Waals surface area (Å²) >= 11 is 0. The first-order chi connectivity index (χ1) is 7.33. The van der Waals surface area contributed by atoms with E-state index in [1.165, 1.54) is 32.1 Å². The summed E-state index contributed by atoms with van der Waals surface area (Å²) in [4.78, 5) is 2.61. The summed E-state index contributed by atoms with van der Waals surface area (Å²) in [5.74, 6) is 0. The fourth-order valence-electron chi connectivity index (χ4n) is 3.13. The monoisotopic (exact) mass is 212 g/mol. The van der Waals surface area contributed by atoms with E-state index in [0.717, 1.165) is 25.3 Å². The van der Waals surface area contributed by atoms with Gasteiger partial charge in [-0.25, -0.2) is 0 Å². The van der Waals surface area contributed by atoms with Gasteiger partial charge in [-0.05, 0) is 39.8 Å². The van der Waals surface area contributed by atoms with E-state index in [4.69, 9.17) is 4.74 Å². The van der Waals surface area contributed by atoms with Crippen molar-refractivity contribution in [3.05, 3.63) is 0 Å². The maximum atomic E-state index is 5.42. The highest BCUT2D eigenvalue weighted by molar-refractivity contribution is 4.91. The summed E-state index contributed by atoms with van der Waals surface area (Å²) in [5.41, 5.74) is 0. The maximum absolute atomic E-state index is 5.42. The van der Waals surface area contributed by atoms with Gasteiger partial charge in [-0.15, -0.1) is 0 Å². The number of hydrogen-bond donors (Lipinski definition) is 1. The van der Waals surface area contributed by atoms with E-state index >= 15 is 0 Å². The third-order valence-corrected chi connectivity index (χ3v) is 4.14. The Hall–Kier alpha value is -0.120.